The Bertz CT molecular complexity index is 642. The maximum atomic E-state index is 13.4. The highest BCUT2D eigenvalue weighted by atomic mass is 16.5. The van der Waals surface area contributed by atoms with Gasteiger partial charge in [0.1, 0.15) is 0 Å². The molecule has 3 aliphatic carbocycles. The van der Waals surface area contributed by atoms with Crippen molar-refractivity contribution in [2.24, 2.45) is 29.2 Å². The minimum absolute atomic E-state index is 0.0263. The quantitative estimate of drug-likeness (QED) is 0.354. The third-order valence-corrected chi connectivity index (χ3v) is 9.09. The standard InChI is InChI=1S/C25H45N5O2/c1-32-21-10-2-16(3-11-21)12-13-30-22-15-18(24(27)28)5-4-17(22)14-23(30)25(31)29-20-8-6-19(26)7-9-20/h16-23H,2-15,26H2,1H3,(H3,27,28)(H,29,31). The minimum atomic E-state index is -0.0263. The Hall–Kier alpha value is -1.18. The largest absolute Gasteiger partial charge is 0.387 e. The summed E-state index contributed by atoms with van der Waals surface area (Å²) in [6.45, 7) is 0.988. The van der Waals surface area contributed by atoms with E-state index in [1.54, 1.807) is 0 Å². The van der Waals surface area contributed by atoms with E-state index in [9.17, 15) is 4.79 Å². The number of likely N-dealkylation sites (tertiary alicyclic amines) is 1. The normalized spacial score (nSPS) is 40.6. The molecule has 182 valence electrons. The molecule has 4 atom stereocenters. The number of amides is 1. The predicted octanol–water partition coefficient (Wildman–Crippen LogP) is 2.76. The number of rotatable bonds is 7. The van der Waals surface area contributed by atoms with Gasteiger partial charge >= 0.3 is 0 Å². The van der Waals surface area contributed by atoms with Crippen molar-refractivity contribution in [1.82, 2.24) is 10.2 Å². The van der Waals surface area contributed by atoms with Gasteiger partial charge in [0.25, 0.3) is 0 Å². The van der Waals surface area contributed by atoms with Gasteiger partial charge in [0.2, 0.25) is 5.91 Å². The minimum Gasteiger partial charge on any atom is -0.387 e. The van der Waals surface area contributed by atoms with Crippen LogP contribution in [0, 0.1) is 23.2 Å². The van der Waals surface area contributed by atoms with Crippen molar-refractivity contribution in [1.29, 1.82) is 5.41 Å². The Balaban J connectivity index is 1.39. The first-order valence-corrected chi connectivity index (χ1v) is 13.1. The highest BCUT2D eigenvalue weighted by Crippen LogP contribution is 2.42. The zero-order chi connectivity index (χ0) is 22.7. The molecule has 6 N–H and O–H groups in total. The average Bonchev–Trinajstić information content (AvgIpc) is 3.17. The summed E-state index contributed by atoms with van der Waals surface area (Å²) in [4.78, 5) is 15.9. The average molecular weight is 448 g/mol. The van der Waals surface area contributed by atoms with E-state index in [-0.39, 0.29) is 23.9 Å². The number of nitrogens with one attached hydrogen (secondary N) is 2. The number of amidine groups is 1. The van der Waals surface area contributed by atoms with E-state index < -0.39 is 0 Å². The van der Waals surface area contributed by atoms with E-state index >= 15 is 0 Å². The molecule has 0 radical (unpaired) electrons. The number of ether oxygens (including phenoxy) is 1. The van der Waals surface area contributed by atoms with Crippen LogP contribution in [0.2, 0.25) is 0 Å². The fourth-order valence-electron chi connectivity index (χ4n) is 6.95. The molecule has 0 spiro atoms. The SMILES string of the molecule is COC1CCC(CCN2C(C(=O)NC3CCC(N)CC3)CC3CCC(C(=N)N)CC32)CC1. The summed E-state index contributed by atoms with van der Waals surface area (Å²) in [7, 11) is 1.83. The topological polar surface area (TPSA) is 117 Å². The van der Waals surface area contributed by atoms with E-state index in [0.717, 1.165) is 83.1 Å². The van der Waals surface area contributed by atoms with Gasteiger partial charge in [-0.3, -0.25) is 15.1 Å². The molecule has 1 amide bonds. The molecule has 0 aromatic rings. The van der Waals surface area contributed by atoms with Crippen LogP contribution in [-0.2, 0) is 9.53 Å². The molecule has 1 heterocycles. The van der Waals surface area contributed by atoms with Crippen molar-refractivity contribution >= 4 is 11.7 Å². The Kier molecular flexibility index (Phi) is 8.11. The Labute approximate surface area is 193 Å². The molecular weight excluding hydrogens is 402 g/mol. The zero-order valence-electron chi connectivity index (χ0n) is 19.9. The van der Waals surface area contributed by atoms with Gasteiger partial charge in [-0.2, -0.15) is 0 Å². The van der Waals surface area contributed by atoms with Crippen LogP contribution in [0.15, 0.2) is 0 Å². The van der Waals surface area contributed by atoms with Gasteiger partial charge in [-0.05, 0) is 102 Å². The summed E-state index contributed by atoms with van der Waals surface area (Å²) in [5.41, 5.74) is 12.0. The van der Waals surface area contributed by atoms with Gasteiger partial charge in [0.15, 0.2) is 0 Å². The van der Waals surface area contributed by atoms with Crippen LogP contribution in [0.5, 0.6) is 0 Å². The number of hydrogen-bond donors (Lipinski definition) is 4. The Morgan fingerprint density at radius 2 is 1.75 bits per heavy atom. The number of nitrogens with zero attached hydrogens (tertiary/aromatic N) is 1. The van der Waals surface area contributed by atoms with E-state index in [0.29, 0.717) is 29.9 Å². The van der Waals surface area contributed by atoms with Gasteiger partial charge in [-0.25, -0.2) is 0 Å². The van der Waals surface area contributed by atoms with Crippen LogP contribution in [-0.4, -0.2) is 60.6 Å². The summed E-state index contributed by atoms with van der Waals surface area (Å²) in [6.07, 6.45) is 14.4. The molecule has 3 saturated carbocycles. The molecular formula is C25H45N5O2. The number of carbonyl (C=O) groups excluding carboxylic acids is 1. The van der Waals surface area contributed by atoms with Crippen LogP contribution < -0.4 is 16.8 Å². The van der Waals surface area contributed by atoms with Crippen molar-refractivity contribution in [3.05, 3.63) is 0 Å². The molecule has 32 heavy (non-hydrogen) atoms. The first kappa shape index (κ1) is 24.0. The van der Waals surface area contributed by atoms with Gasteiger partial charge in [0.05, 0.1) is 18.0 Å². The van der Waals surface area contributed by atoms with Crippen molar-refractivity contribution in [2.45, 2.75) is 114 Å². The van der Waals surface area contributed by atoms with Crippen LogP contribution in [0.4, 0.5) is 0 Å². The summed E-state index contributed by atoms with van der Waals surface area (Å²) in [5.74, 6) is 2.02. The Morgan fingerprint density at radius 3 is 2.41 bits per heavy atom. The summed E-state index contributed by atoms with van der Waals surface area (Å²) < 4.78 is 5.55. The van der Waals surface area contributed by atoms with Gasteiger partial charge < -0.3 is 21.5 Å². The summed E-state index contributed by atoms with van der Waals surface area (Å²) >= 11 is 0. The van der Waals surface area contributed by atoms with E-state index in [1.165, 1.54) is 12.8 Å². The molecule has 0 bridgehead atoms. The number of methoxy groups -OCH3 is 1. The molecule has 0 aromatic carbocycles. The fraction of sp³-hybridized carbons (Fsp3) is 0.920. The van der Waals surface area contributed by atoms with E-state index in [2.05, 4.69) is 10.2 Å². The number of fused-ring (bicyclic) bond motifs is 1. The van der Waals surface area contributed by atoms with Crippen molar-refractivity contribution in [3.8, 4) is 0 Å². The lowest BCUT2D eigenvalue weighted by Gasteiger charge is -2.38. The lowest BCUT2D eigenvalue weighted by molar-refractivity contribution is -0.127. The van der Waals surface area contributed by atoms with Crippen LogP contribution in [0.25, 0.3) is 0 Å². The highest BCUT2D eigenvalue weighted by Gasteiger charge is 2.47. The predicted molar refractivity (Wildman–Crippen MR) is 127 cm³/mol. The second kappa shape index (κ2) is 10.8. The maximum Gasteiger partial charge on any atom is 0.237 e. The number of hydrogen-bond acceptors (Lipinski definition) is 5. The third kappa shape index (κ3) is 5.65. The zero-order valence-corrected chi connectivity index (χ0v) is 19.9. The second-order valence-corrected chi connectivity index (χ2v) is 11.1. The molecule has 1 aliphatic heterocycles. The summed E-state index contributed by atoms with van der Waals surface area (Å²) in [6, 6.07) is 0.942. The molecule has 1 saturated heterocycles. The number of carbonyl (C=O) groups is 1. The first-order valence-electron chi connectivity index (χ1n) is 13.1. The Morgan fingerprint density at radius 1 is 1.03 bits per heavy atom. The van der Waals surface area contributed by atoms with Crippen LogP contribution >= 0.6 is 0 Å². The molecule has 7 nitrogen and oxygen atoms in total. The van der Waals surface area contributed by atoms with Crippen molar-refractivity contribution in [2.75, 3.05) is 13.7 Å². The monoisotopic (exact) mass is 447 g/mol. The number of nitrogens with two attached hydrogens (primary N) is 2. The lowest BCUT2D eigenvalue weighted by Crippen LogP contribution is -2.51. The molecule has 7 heteroatoms. The van der Waals surface area contributed by atoms with Gasteiger partial charge in [-0.15, -0.1) is 0 Å². The van der Waals surface area contributed by atoms with E-state index in [4.69, 9.17) is 21.6 Å². The molecule has 4 unspecified atom stereocenters. The molecule has 4 rings (SSSR count). The fourth-order valence-corrected chi connectivity index (χ4v) is 6.95. The molecule has 4 fully saturated rings. The van der Waals surface area contributed by atoms with Crippen LogP contribution in [0.1, 0.15) is 83.5 Å². The third-order valence-electron chi connectivity index (χ3n) is 9.09. The lowest BCUT2D eigenvalue weighted by atomic mass is 9.78. The van der Waals surface area contributed by atoms with Crippen molar-refractivity contribution < 1.29 is 9.53 Å². The molecule has 4 aliphatic rings. The molecule has 0 aromatic heterocycles. The smallest absolute Gasteiger partial charge is 0.237 e. The van der Waals surface area contributed by atoms with E-state index in [1.807, 2.05) is 7.11 Å². The van der Waals surface area contributed by atoms with Gasteiger partial charge in [0, 0.05) is 31.2 Å². The highest BCUT2D eigenvalue weighted by molar-refractivity contribution is 5.83. The van der Waals surface area contributed by atoms with Gasteiger partial charge in [-0.1, -0.05) is 0 Å². The van der Waals surface area contributed by atoms with Crippen molar-refractivity contribution in [3.63, 3.8) is 0 Å². The van der Waals surface area contributed by atoms with Crippen LogP contribution in [0.3, 0.4) is 0 Å². The first-order chi connectivity index (χ1) is 15.4. The second-order valence-electron chi connectivity index (χ2n) is 11.1. The maximum absolute atomic E-state index is 13.4. The summed E-state index contributed by atoms with van der Waals surface area (Å²) in [5, 5.41) is 11.4.